The number of hydrogen-bond donors (Lipinski definition) is 1. The van der Waals surface area contributed by atoms with Crippen LogP contribution in [0.1, 0.15) is 44.6 Å². The average molecular weight is 435 g/mol. The maximum atomic E-state index is 12.5. The molecule has 0 atom stereocenters. The predicted octanol–water partition coefficient (Wildman–Crippen LogP) is 6.14. The van der Waals surface area contributed by atoms with Gasteiger partial charge in [0, 0.05) is 20.1 Å². The summed E-state index contributed by atoms with van der Waals surface area (Å²) in [5.41, 5.74) is 8.47. The van der Waals surface area contributed by atoms with E-state index in [1.54, 1.807) is 11.1 Å². The Morgan fingerprint density at radius 2 is 1.96 bits per heavy atom. The third-order valence-corrected chi connectivity index (χ3v) is 6.15. The maximum absolute atomic E-state index is 12.5. The molecule has 4 rings (SSSR count). The predicted molar refractivity (Wildman–Crippen MR) is 101 cm³/mol. The standard InChI is InChI=1S/C19H17Br2NO/c1-10-12(6-11-4-2-3-5-14(10)11)7-16-15-8-13(20)9-17(21)18(15)22-19(16)23/h7-9H,2-6H2,1H3,(H,22,23). The normalized spacial score (nSPS) is 21.9. The van der Waals surface area contributed by atoms with E-state index < -0.39 is 0 Å². The first-order valence-electron chi connectivity index (χ1n) is 7.98. The number of carbonyl (C=O) groups is 1. The van der Waals surface area contributed by atoms with Gasteiger partial charge in [-0.05, 0) is 89.9 Å². The number of hydrogen-bond acceptors (Lipinski definition) is 1. The zero-order chi connectivity index (χ0) is 16.1. The van der Waals surface area contributed by atoms with E-state index in [0.29, 0.717) is 0 Å². The molecule has 0 unspecified atom stereocenters. The van der Waals surface area contributed by atoms with Crippen LogP contribution in [-0.4, -0.2) is 5.91 Å². The lowest BCUT2D eigenvalue weighted by Crippen LogP contribution is -2.04. The molecule has 0 fully saturated rings. The zero-order valence-corrected chi connectivity index (χ0v) is 16.1. The summed E-state index contributed by atoms with van der Waals surface area (Å²) in [6, 6.07) is 3.98. The van der Waals surface area contributed by atoms with Crippen molar-refractivity contribution in [3.8, 4) is 0 Å². The van der Waals surface area contributed by atoms with Crippen LogP contribution >= 0.6 is 31.9 Å². The number of amides is 1. The van der Waals surface area contributed by atoms with Crippen molar-refractivity contribution < 1.29 is 4.79 Å². The Morgan fingerprint density at radius 3 is 2.74 bits per heavy atom. The summed E-state index contributed by atoms with van der Waals surface area (Å²) in [5.74, 6) is -0.0102. The fraction of sp³-hybridized carbons (Fsp3) is 0.316. The molecule has 1 aliphatic heterocycles. The van der Waals surface area contributed by atoms with E-state index in [4.69, 9.17) is 0 Å². The van der Waals surface area contributed by atoms with Crippen LogP contribution in [0.25, 0.3) is 5.57 Å². The molecular formula is C19H17Br2NO. The van der Waals surface area contributed by atoms with E-state index in [0.717, 1.165) is 32.2 Å². The van der Waals surface area contributed by atoms with Gasteiger partial charge in [-0.25, -0.2) is 0 Å². The molecule has 1 N–H and O–H groups in total. The van der Waals surface area contributed by atoms with Crippen molar-refractivity contribution in [1.29, 1.82) is 0 Å². The lowest BCUT2D eigenvalue weighted by atomic mass is 9.91. The Balaban J connectivity index is 1.77. The third kappa shape index (κ3) is 2.56. The van der Waals surface area contributed by atoms with Crippen molar-refractivity contribution in [3.05, 3.63) is 55.0 Å². The molecule has 0 saturated heterocycles. The minimum atomic E-state index is -0.0102. The smallest absolute Gasteiger partial charge is 0.256 e. The quantitative estimate of drug-likeness (QED) is 0.528. The highest BCUT2D eigenvalue weighted by Gasteiger charge is 2.29. The molecule has 3 aliphatic rings. The second-order valence-corrected chi connectivity index (χ2v) is 8.21. The van der Waals surface area contributed by atoms with Gasteiger partial charge in [-0.2, -0.15) is 0 Å². The Labute approximate surface area is 153 Å². The topological polar surface area (TPSA) is 29.1 Å². The average Bonchev–Trinajstić information content (AvgIpc) is 3.00. The van der Waals surface area contributed by atoms with Gasteiger partial charge in [-0.3, -0.25) is 4.79 Å². The van der Waals surface area contributed by atoms with E-state index in [1.807, 2.05) is 12.1 Å². The summed E-state index contributed by atoms with van der Waals surface area (Å²) in [7, 11) is 0. The number of fused-ring (bicyclic) bond motifs is 1. The number of nitrogens with one attached hydrogen (secondary N) is 1. The Hall–Kier alpha value is -1.13. The highest BCUT2D eigenvalue weighted by molar-refractivity contribution is 9.11. The highest BCUT2D eigenvalue weighted by Crippen LogP contribution is 2.44. The molecule has 1 heterocycles. The first kappa shape index (κ1) is 15.4. The van der Waals surface area contributed by atoms with Crippen LogP contribution in [0.2, 0.25) is 0 Å². The van der Waals surface area contributed by atoms with Crippen LogP contribution in [0, 0.1) is 0 Å². The number of rotatable bonds is 1. The van der Waals surface area contributed by atoms with Gasteiger partial charge < -0.3 is 5.32 Å². The molecule has 2 aliphatic carbocycles. The molecule has 1 amide bonds. The van der Waals surface area contributed by atoms with E-state index in [1.165, 1.54) is 36.8 Å². The van der Waals surface area contributed by atoms with Crippen LogP contribution in [-0.2, 0) is 4.79 Å². The van der Waals surface area contributed by atoms with Gasteiger partial charge in [-0.15, -0.1) is 0 Å². The van der Waals surface area contributed by atoms with E-state index in [2.05, 4.69) is 50.2 Å². The minimum Gasteiger partial charge on any atom is -0.320 e. The van der Waals surface area contributed by atoms with E-state index in [-0.39, 0.29) is 5.91 Å². The zero-order valence-electron chi connectivity index (χ0n) is 12.9. The summed E-state index contributed by atoms with van der Waals surface area (Å²) in [5, 5.41) is 2.98. The number of anilines is 1. The van der Waals surface area contributed by atoms with Crippen molar-refractivity contribution in [1.82, 2.24) is 0 Å². The number of allylic oxidation sites excluding steroid dienone is 5. The molecular weight excluding hydrogens is 418 g/mol. The SMILES string of the molecule is CC1=C(C=C2C(=O)Nc3c(Br)cc(Br)cc32)CC2=C1CCCC2. The van der Waals surface area contributed by atoms with Crippen molar-refractivity contribution in [2.75, 3.05) is 5.32 Å². The first-order chi connectivity index (χ1) is 11.0. The number of carbonyl (C=O) groups excluding carboxylic acids is 1. The second kappa shape index (κ2) is 5.75. The van der Waals surface area contributed by atoms with Gasteiger partial charge in [0.2, 0.25) is 0 Å². The Bertz CT molecular complexity index is 830. The van der Waals surface area contributed by atoms with Gasteiger partial charge in [0.15, 0.2) is 0 Å². The molecule has 0 bridgehead atoms. The number of halogens is 2. The van der Waals surface area contributed by atoms with Gasteiger partial charge in [-0.1, -0.05) is 21.5 Å². The molecule has 0 spiro atoms. The fourth-order valence-electron chi connectivity index (χ4n) is 3.86. The minimum absolute atomic E-state index is 0.0102. The lowest BCUT2D eigenvalue weighted by molar-refractivity contribution is -0.110. The summed E-state index contributed by atoms with van der Waals surface area (Å²) >= 11 is 7.06. The number of benzene rings is 1. The van der Waals surface area contributed by atoms with Crippen LogP contribution in [0.4, 0.5) is 5.69 Å². The fourth-order valence-corrected chi connectivity index (χ4v) is 5.19. The van der Waals surface area contributed by atoms with Crippen LogP contribution in [0.3, 0.4) is 0 Å². The van der Waals surface area contributed by atoms with Crippen LogP contribution in [0.15, 0.2) is 49.4 Å². The summed E-state index contributed by atoms with van der Waals surface area (Å²) in [4.78, 5) is 12.5. The van der Waals surface area contributed by atoms with Crippen molar-refractivity contribution in [3.63, 3.8) is 0 Å². The van der Waals surface area contributed by atoms with Gasteiger partial charge >= 0.3 is 0 Å². The molecule has 118 valence electrons. The summed E-state index contributed by atoms with van der Waals surface area (Å²) in [6.07, 6.45) is 8.14. The molecule has 1 aromatic rings. The van der Waals surface area contributed by atoms with E-state index >= 15 is 0 Å². The van der Waals surface area contributed by atoms with Crippen LogP contribution < -0.4 is 5.32 Å². The Kier molecular flexibility index (Phi) is 3.85. The van der Waals surface area contributed by atoms with Gasteiger partial charge in [0.1, 0.15) is 0 Å². The van der Waals surface area contributed by atoms with Crippen molar-refractivity contribution in [2.45, 2.75) is 39.0 Å². The molecule has 1 aromatic carbocycles. The van der Waals surface area contributed by atoms with Crippen molar-refractivity contribution >= 4 is 49.0 Å². The second-order valence-electron chi connectivity index (χ2n) is 6.44. The summed E-state index contributed by atoms with van der Waals surface area (Å²) in [6.45, 7) is 2.21. The molecule has 2 nitrogen and oxygen atoms in total. The lowest BCUT2D eigenvalue weighted by Gasteiger charge is -2.14. The highest BCUT2D eigenvalue weighted by atomic mass is 79.9. The largest absolute Gasteiger partial charge is 0.320 e. The monoisotopic (exact) mass is 433 g/mol. The summed E-state index contributed by atoms with van der Waals surface area (Å²) < 4.78 is 1.88. The molecule has 0 radical (unpaired) electrons. The first-order valence-corrected chi connectivity index (χ1v) is 9.56. The Morgan fingerprint density at radius 1 is 1.17 bits per heavy atom. The molecule has 23 heavy (non-hydrogen) atoms. The van der Waals surface area contributed by atoms with Crippen LogP contribution in [0.5, 0.6) is 0 Å². The molecule has 0 aromatic heterocycles. The van der Waals surface area contributed by atoms with Gasteiger partial charge in [0.05, 0.1) is 5.69 Å². The molecule has 4 heteroatoms. The third-order valence-electron chi connectivity index (χ3n) is 5.07. The van der Waals surface area contributed by atoms with E-state index in [9.17, 15) is 4.79 Å². The molecule has 0 saturated carbocycles. The maximum Gasteiger partial charge on any atom is 0.256 e. The van der Waals surface area contributed by atoms with Crippen molar-refractivity contribution in [2.24, 2.45) is 0 Å². The van der Waals surface area contributed by atoms with Gasteiger partial charge in [0.25, 0.3) is 5.91 Å².